The van der Waals surface area contributed by atoms with Crippen LogP contribution in [0.25, 0.3) is 0 Å². The Balaban J connectivity index is 2.25. The molecule has 3 unspecified atom stereocenters. The van der Waals surface area contributed by atoms with Crippen molar-refractivity contribution in [2.45, 2.75) is 45.6 Å². The van der Waals surface area contributed by atoms with Gasteiger partial charge in [0.15, 0.2) is 0 Å². The minimum Gasteiger partial charge on any atom is -0.310 e. The maximum absolute atomic E-state index is 14.1. The summed E-state index contributed by atoms with van der Waals surface area (Å²) in [5.41, 5.74) is 0.730. The van der Waals surface area contributed by atoms with Gasteiger partial charge in [-0.2, -0.15) is 0 Å². The van der Waals surface area contributed by atoms with Crippen LogP contribution < -0.4 is 5.32 Å². The van der Waals surface area contributed by atoms with Crippen LogP contribution in [-0.2, 0) is 0 Å². The third-order valence-electron chi connectivity index (χ3n) is 4.17. The van der Waals surface area contributed by atoms with Gasteiger partial charge in [0.2, 0.25) is 0 Å². The van der Waals surface area contributed by atoms with Crippen molar-refractivity contribution in [3.63, 3.8) is 0 Å². The van der Waals surface area contributed by atoms with Crippen LogP contribution in [0.15, 0.2) is 18.2 Å². The Morgan fingerprint density at radius 1 is 1.42 bits per heavy atom. The summed E-state index contributed by atoms with van der Waals surface area (Å²) in [6, 6.07) is 4.97. The van der Waals surface area contributed by atoms with E-state index in [0.29, 0.717) is 10.9 Å². The monoisotopic (exact) mass is 283 g/mol. The van der Waals surface area contributed by atoms with E-state index in [-0.39, 0.29) is 11.9 Å². The number of hydrogen-bond donors (Lipinski definition) is 1. The summed E-state index contributed by atoms with van der Waals surface area (Å²) >= 11 is 6.03. The molecule has 0 saturated heterocycles. The van der Waals surface area contributed by atoms with Gasteiger partial charge in [0.1, 0.15) is 5.82 Å². The second kappa shape index (κ2) is 6.71. The first kappa shape index (κ1) is 14.8. The predicted molar refractivity (Wildman–Crippen MR) is 78.9 cm³/mol. The van der Waals surface area contributed by atoms with Crippen molar-refractivity contribution in [3.8, 4) is 0 Å². The summed E-state index contributed by atoms with van der Waals surface area (Å²) in [5, 5.41) is 4.07. The highest BCUT2D eigenvalue weighted by Crippen LogP contribution is 2.38. The molecule has 1 aromatic rings. The van der Waals surface area contributed by atoms with E-state index in [4.69, 9.17) is 11.6 Å². The molecule has 0 spiro atoms. The Hall–Kier alpha value is -0.600. The van der Waals surface area contributed by atoms with Crippen LogP contribution in [0.4, 0.5) is 4.39 Å². The molecule has 106 valence electrons. The molecule has 0 aliphatic heterocycles. The van der Waals surface area contributed by atoms with Gasteiger partial charge in [-0.15, -0.1) is 0 Å². The third-order valence-corrected chi connectivity index (χ3v) is 4.40. The molecule has 3 atom stereocenters. The Bertz CT molecular complexity index is 421. The first-order valence-electron chi connectivity index (χ1n) is 7.30. The van der Waals surface area contributed by atoms with Crippen LogP contribution in [0, 0.1) is 17.7 Å². The molecule has 1 aliphatic rings. The van der Waals surface area contributed by atoms with Crippen LogP contribution in [0.1, 0.15) is 51.1 Å². The van der Waals surface area contributed by atoms with Gasteiger partial charge < -0.3 is 5.32 Å². The molecule has 1 aliphatic carbocycles. The molecule has 0 heterocycles. The van der Waals surface area contributed by atoms with Gasteiger partial charge in [-0.1, -0.05) is 38.3 Å². The van der Waals surface area contributed by atoms with E-state index in [1.807, 2.05) is 0 Å². The van der Waals surface area contributed by atoms with Gasteiger partial charge in [-0.3, -0.25) is 0 Å². The van der Waals surface area contributed by atoms with Gasteiger partial charge in [0.05, 0.1) is 0 Å². The zero-order valence-corrected chi connectivity index (χ0v) is 12.5. The quantitative estimate of drug-likeness (QED) is 0.824. The molecule has 2 rings (SSSR count). The summed E-state index contributed by atoms with van der Waals surface area (Å²) in [4.78, 5) is 0. The van der Waals surface area contributed by atoms with Crippen molar-refractivity contribution in [1.29, 1.82) is 0 Å². The van der Waals surface area contributed by atoms with Crippen molar-refractivity contribution >= 4 is 11.6 Å². The van der Waals surface area contributed by atoms with E-state index in [0.717, 1.165) is 18.0 Å². The highest BCUT2D eigenvalue weighted by atomic mass is 35.5. The minimum atomic E-state index is -0.145. The Kier molecular flexibility index (Phi) is 5.23. The first-order chi connectivity index (χ1) is 9.11. The average Bonchev–Trinajstić information content (AvgIpc) is 2.39. The summed E-state index contributed by atoms with van der Waals surface area (Å²) < 4.78 is 14.1. The molecule has 0 amide bonds. The lowest BCUT2D eigenvalue weighted by Gasteiger charge is -2.34. The standard InChI is InChI=1S/C16H23ClFN/c1-3-19-16(12-6-4-5-11(2)9-12)14-10-13(17)7-8-15(14)18/h7-8,10-12,16,19H,3-6,9H2,1-2H3. The van der Waals surface area contributed by atoms with E-state index < -0.39 is 0 Å². The number of hydrogen-bond acceptors (Lipinski definition) is 1. The maximum atomic E-state index is 14.1. The van der Waals surface area contributed by atoms with Crippen LogP contribution >= 0.6 is 11.6 Å². The number of rotatable bonds is 4. The molecule has 3 heteroatoms. The van der Waals surface area contributed by atoms with Crippen LogP contribution in [0.5, 0.6) is 0 Å². The predicted octanol–water partition coefficient (Wildman–Crippen LogP) is 4.96. The van der Waals surface area contributed by atoms with E-state index >= 15 is 0 Å². The molecule has 1 saturated carbocycles. The van der Waals surface area contributed by atoms with E-state index in [9.17, 15) is 4.39 Å². The highest BCUT2D eigenvalue weighted by Gasteiger charge is 2.29. The zero-order valence-electron chi connectivity index (χ0n) is 11.8. The topological polar surface area (TPSA) is 12.0 Å². The third kappa shape index (κ3) is 3.70. The highest BCUT2D eigenvalue weighted by molar-refractivity contribution is 6.30. The van der Waals surface area contributed by atoms with Gasteiger partial charge in [-0.05, 0) is 49.4 Å². The molecular formula is C16H23ClFN. The lowest BCUT2D eigenvalue weighted by atomic mass is 9.76. The van der Waals surface area contributed by atoms with Gasteiger partial charge in [0.25, 0.3) is 0 Å². The Morgan fingerprint density at radius 3 is 2.89 bits per heavy atom. The largest absolute Gasteiger partial charge is 0.310 e. The van der Waals surface area contributed by atoms with Crippen LogP contribution in [0.3, 0.4) is 0 Å². The fourth-order valence-corrected chi connectivity index (χ4v) is 3.47. The summed E-state index contributed by atoms with van der Waals surface area (Å²) in [6.45, 7) is 5.21. The van der Waals surface area contributed by atoms with Gasteiger partial charge in [0, 0.05) is 16.6 Å². The molecule has 0 radical (unpaired) electrons. The second-order valence-electron chi connectivity index (χ2n) is 5.73. The summed E-state index contributed by atoms with van der Waals surface area (Å²) in [5.74, 6) is 1.10. The Labute approximate surface area is 120 Å². The van der Waals surface area contributed by atoms with E-state index in [2.05, 4.69) is 19.2 Å². The van der Waals surface area contributed by atoms with E-state index in [1.54, 1.807) is 12.1 Å². The molecule has 1 fully saturated rings. The lowest BCUT2D eigenvalue weighted by Crippen LogP contribution is -2.31. The smallest absolute Gasteiger partial charge is 0.128 e. The molecular weight excluding hydrogens is 261 g/mol. The lowest BCUT2D eigenvalue weighted by molar-refractivity contribution is 0.222. The van der Waals surface area contributed by atoms with Crippen molar-refractivity contribution in [3.05, 3.63) is 34.6 Å². The maximum Gasteiger partial charge on any atom is 0.128 e. The SMILES string of the molecule is CCNC(c1cc(Cl)ccc1F)C1CCCC(C)C1. The number of benzene rings is 1. The fraction of sp³-hybridized carbons (Fsp3) is 0.625. The Morgan fingerprint density at radius 2 is 2.21 bits per heavy atom. The second-order valence-corrected chi connectivity index (χ2v) is 6.17. The van der Waals surface area contributed by atoms with Crippen LogP contribution in [-0.4, -0.2) is 6.54 Å². The summed E-state index contributed by atoms with van der Waals surface area (Å²) in [6.07, 6.45) is 4.89. The van der Waals surface area contributed by atoms with Crippen molar-refractivity contribution in [1.82, 2.24) is 5.32 Å². The fourth-order valence-electron chi connectivity index (χ4n) is 3.29. The zero-order chi connectivity index (χ0) is 13.8. The molecule has 0 bridgehead atoms. The van der Waals surface area contributed by atoms with Gasteiger partial charge in [-0.25, -0.2) is 4.39 Å². The van der Waals surface area contributed by atoms with Crippen molar-refractivity contribution in [2.24, 2.45) is 11.8 Å². The van der Waals surface area contributed by atoms with Crippen molar-refractivity contribution in [2.75, 3.05) is 6.54 Å². The van der Waals surface area contributed by atoms with Crippen molar-refractivity contribution < 1.29 is 4.39 Å². The summed E-state index contributed by atoms with van der Waals surface area (Å²) in [7, 11) is 0. The molecule has 1 nitrogen and oxygen atoms in total. The molecule has 0 aromatic heterocycles. The first-order valence-corrected chi connectivity index (χ1v) is 7.68. The molecule has 19 heavy (non-hydrogen) atoms. The van der Waals surface area contributed by atoms with E-state index in [1.165, 1.54) is 31.7 Å². The molecule has 1 aromatic carbocycles. The molecule has 1 N–H and O–H groups in total. The average molecular weight is 284 g/mol. The number of nitrogens with one attached hydrogen (secondary N) is 1. The van der Waals surface area contributed by atoms with Crippen LogP contribution in [0.2, 0.25) is 5.02 Å². The number of halogens is 2. The van der Waals surface area contributed by atoms with Gasteiger partial charge >= 0.3 is 0 Å². The minimum absolute atomic E-state index is 0.0893. The normalized spacial score (nSPS) is 25.3.